The van der Waals surface area contributed by atoms with E-state index in [1.165, 1.54) is 13.0 Å². The van der Waals surface area contributed by atoms with Gasteiger partial charge in [-0.25, -0.2) is 10.8 Å². The molecule has 2 aromatic heterocycles. The highest BCUT2D eigenvalue weighted by Gasteiger charge is 2.20. The largest absolute Gasteiger partial charge is 0.367 e. The molecule has 0 atom stereocenters. The molecule has 4 N–H and O–H groups in total. The van der Waals surface area contributed by atoms with Gasteiger partial charge in [0, 0.05) is 19.1 Å². The molecule has 1 aliphatic heterocycles. The van der Waals surface area contributed by atoms with Crippen molar-refractivity contribution in [3.63, 3.8) is 0 Å². The lowest BCUT2D eigenvalue weighted by atomic mass is 10.0. The van der Waals surface area contributed by atoms with Crippen LogP contribution in [-0.2, 0) is 0 Å². The van der Waals surface area contributed by atoms with Crippen LogP contribution in [0.4, 0.5) is 11.8 Å². The Balaban J connectivity index is 1.72. The molecule has 0 bridgehead atoms. The Morgan fingerprint density at radius 2 is 2.19 bits per heavy atom. The smallest absolute Gasteiger partial charge is 0.240 e. The Morgan fingerprint density at radius 1 is 1.38 bits per heavy atom. The number of rotatable bonds is 5. The molecule has 0 amide bonds. The summed E-state index contributed by atoms with van der Waals surface area (Å²) in [4.78, 5) is 12.3. The van der Waals surface area contributed by atoms with Gasteiger partial charge in [-0.15, -0.1) is 11.3 Å². The Hall–Kier alpha value is -1.44. The molecule has 21 heavy (non-hydrogen) atoms. The number of fused-ring (bicyclic) bond motifs is 1. The van der Waals surface area contributed by atoms with Crippen LogP contribution in [0.3, 0.4) is 0 Å². The van der Waals surface area contributed by atoms with Gasteiger partial charge >= 0.3 is 0 Å². The van der Waals surface area contributed by atoms with Gasteiger partial charge in [0.05, 0.1) is 5.39 Å². The highest BCUT2D eigenvalue weighted by molar-refractivity contribution is 7.16. The second-order valence-corrected chi connectivity index (χ2v) is 6.33. The molecule has 1 aliphatic rings. The van der Waals surface area contributed by atoms with Crippen LogP contribution in [0, 0.1) is 0 Å². The second kappa shape index (κ2) is 6.55. The quantitative estimate of drug-likeness (QED) is 0.581. The van der Waals surface area contributed by atoms with Crippen LogP contribution in [-0.4, -0.2) is 40.5 Å². The van der Waals surface area contributed by atoms with E-state index in [9.17, 15) is 0 Å². The van der Waals surface area contributed by atoms with Crippen molar-refractivity contribution in [3.8, 4) is 0 Å². The molecule has 0 aromatic carbocycles. The third-order valence-electron chi connectivity index (χ3n) is 3.92. The number of hydrazine groups is 1. The van der Waals surface area contributed by atoms with Crippen molar-refractivity contribution >= 4 is 33.3 Å². The van der Waals surface area contributed by atoms with Gasteiger partial charge in [0.25, 0.3) is 0 Å². The third-order valence-corrected chi connectivity index (χ3v) is 4.73. The molecule has 7 heteroatoms. The van der Waals surface area contributed by atoms with Crippen molar-refractivity contribution in [2.45, 2.75) is 32.2 Å². The number of nitrogens with zero attached hydrogens (tertiary/aromatic N) is 3. The van der Waals surface area contributed by atoms with E-state index in [1.807, 2.05) is 5.38 Å². The maximum Gasteiger partial charge on any atom is 0.240 e. The van der Waals surface area contributed by atoms with Gasteiger partial charge in [0.2, 0.25) is 5.95 Å². The molecule has 2 aromatic rings. The summed E-state index contributed by atoms with van der Waals surface area (Å²) >= 11 is 1.61. The Bertz CT molecular complexity index is 590. The normalized spacial score (nSPS) is 17.2. The Labute approximate surface area is 128 Å². The van der Waals surface area contributed by atoms with Gasteiger partial charge < -0.3 is 10.2 Å². The lowest BCUT2D eigenvalue weighted by molar-refractivity contribution is 0.219. The number of aromatic nitrogens is 2. The predicted octanol–water partition coefficient (Wildman–Crippen LogP) is 2.26. The van der Waals surface area contributed by atoms with E-state index in [1.54, 1.807) is 11.3 Å². The van der Waals surface area contributed by atoms with E-state index in [0.29, 0.717) is 12.0 Å². The first-order valence-electron chi connectivity index (χ1n) is 7.51. The van der Waals surface area contributed by atoms with Crippen molar-refractivity contribution < 1.29 is 0 Å². The van der Waals surface area contributed by atoms with Crippen LogP contribution >= 0.6 is 11.3 Å². The summed E-state index contributed by atoms with van der Waals surface area (Å²) in [6.07, 6.45) is 3.53. The number of hydrogen-bond donors (Lipinski definition) is 3. The number of piperidine rings is 1. The van der Waals surface area contributed by atoms with E-state index in [4.69, 9.17) is 5.84 Å². The number of nitrogens with two attached hydrogens (primary N) is 1. The monoisotopic (exact) mass is 306 g/mol. The minimum absolute atomic E-state index is 0.468. The van der Waals surface area contributed by atoms with Crippen molar-refractivity contribution in [3.05, 3.63) is 11.4 Å². The van der Waals surface area contributed by atoms with Crippen LogP contribution in [0.1, 0.15) is 26.2 Å². The SMILES string of the molecule is CCCN1CCC(Nc2nc(NN)nc3sccc23)CC1. The Morgan fingerprint density at radius 3 is 2.90 bits per heavy atom. The molecular weight excluding hydrogens is 284 g/mol. The van der Waals surface area contributed by atoms with E-state index in [2.05, 4.69) is 38.6 Å². The maximum atomic E-state index is 5.46. The fourth-order valence-electron chi connectivity index (χ4n) is 2.84. The number of likely N-dealkylation sites (tertiary alicyclic amines) is 1. The highest BCUT2D eigenvalue weighted by atomic mass is 32.1. The summed E-state index contributed by atoms with van der Waals surface area (Å²) in [5, 5.41) is 6.70. The van der Waals surface area contributed by atoms with Gasteiger partial charge in [0.1, 0.15) is 10.6 Å². The first kappa shape index (κ1) is 14.5. The fraction of sp³-hybridized carbons (Fsp3) is 0.571. The topological polar surface area (TPSA) is 79.1 Å². The summed E-state index contributed by atoms with van der Waals surface area (Å²) in [6, 6.07) is 2.54. The van der Waals surface area contributed by atoms with Crippen molar-refractivity contribution in [1.82, 2.24) is 14.9 Å². The number of nitrogen functional groups attached to an aromatic ring is 1. The highest BCUT2D eigenvalue weighted by Crippen LogP contribution is 2.27. The average Bonchev–Trinajstić information content (AvgIpc) is 2.98. The van der Waals surface area contributed by atoms with Gasteiger partial charge in [-0.3, -0.25) is 5.43 Å². The number of nitrogens with one attached hydrogen (secondary N) is 2. The molecule has 6 nitrogen and oxygen atoms in total. The van der Waals surface area contributed by atoms with Crippen molar-refractivity contribution in [2.24, 2.45) is 5.84 Å². The van der Waals surface area contributed by atoms with Crippen LogP contribution in [0.15, 0.2) is 11.4 Å². The van der Waals surface area contributed by atoms with E-state index < -0.39 is 0 Å². The summed E-state index contributed by atoms with van der Waals surface area (Å²) in [6.45, 7) is 5.76. The molecule has 0 radical (unpaired) electrons. The zero-order chi connectivity index (χ0) is 14.7. The summed E-state index contributed by atoms with van der Waals surface area (Å²) in [7, 11) is 0. The standard InChI is InChI=1S/C14H22N6S/c1-2-6-20-7-3-10(4-8-20)16-12-11-5-9-21-13(11)18-14(17-12)19-15/h5,9-10H,2-4,6-8,15H2,1H3,(H2,16,17,18,19). The third kappa shape index (κ3) is 3.25. The Kier molecular flexibility index (Phi) is 4.52. The molecular formula is C14H22N6S. The molecule has 0 aliphatic carbocycles. The van der Waals surface area contributed by atoms with E-state index >= 15 is 0 Å². The molecule has 0 spiro atoms. The fourth-order valence-corrected chi connectivity index (χ4v) is 3.60. The van der Waals surface area contributed by atoms with E-state index in [0.717, 1.165) is 42.0 Å². The van der Waals surface area contributed by atoms with Crippen molar-refractivity contribution in [1.29, 1.82) is 0 Å². The van der Waals surface area contributed by atoms with E-state index in [-0.39, 0.29) is 0 Å². The first-order valence-corrected chi connectivity index (χ1v) is 8.39. The van der Waals surface area contributed by atoms with Crippen molar-refractivity contribution in [2.75, 3.05) is 30.4 Å². The molecule has 1 saturated heterocycles. The van der Waals surface area contributed by atoms with Crippen LogP contribution in [0.2, 0.25) is 0 Å². The first-order chi connectivity index (χ1) is 10.3. The number of hydrogen-bond acceptors (Lipinski definition) is 7. The van der Waals surface area contributed by atoms with Crippen LogP contribution < -0.4 is 16.6 Å². The molecule has 114 valence electrons. The predicted molar refractivity (Wildman–Crippen MR) is 88.6 cm³/mol. The number of thiophene rings is 1. The van der Waals surface area contributed by atoms with Gasteiger partial charge in [-0.1, -0.05) is 6.92 Å². The van der Waals surface area contributed by atoms with Crippen LogP contribution in [0.5, 0.6) is 0 Å². The van der Waals surface area contributed by atoms with Gasteiger partial charge in [0.15, 0.2) is 0 Å². The lowest BCUT2D eigenvalue weighted by Gasteiger charge is -2.32. The molecule has 3 heterocycles. The summed E-state index contributed by atoms with van der Waals surface area (Å²) in [5.41, 5.74) is 2.55. The minimum Gasteiger partial charge on any atom is -0.367 e. The average molecular weight is 306 g/mol. The zero-order valence-corrected chi connectivity index (χ0v) is 13.1. The maximum absolute atomic E-state index is 5.46. The van der Waals surface area contributed by atoms with Crippen LogP contribution in [0.25, 0.3) is 10.2 Å². The zero-order valence-electron chi connectivity index (χ0n) is 12.3. The molecule has 1 fully saturated rings. The molecule has 0 saturated carbocycles. The molecule has 0 unspecified atom stereocenters. The van der Waals surface area contributed by atoms with Gasteiger partial charge in [-0.2, -0.15) is 4.98 Å². The lowest BCUT2D eigenvalue weighted by Crippen LogP contribution is -2.39. The summed E-state index contributed by atoms with van der Waals surface area (Å²) < 4.78 is 0. The summed E-state index contributed by atoms with van der Waals surface area (Å²) in [5.74, 6) is 6.82. The minimum atomic E-state index is 0.468. The molecule has 3 rings (SSSR count). The van der Waals surface area contributed by atoms with Gasteiger partial charge in [-0.05, 0) is 37.3 Å². The second-order valence-electron chi connectivity index (χ2n) is 5.44. The number of anilines is 2.